The van der Waals surface area contributed by atoms with Gasteiger partial charge in [-0.1, -0.05) is 6.92 Å². The van der Waals surface area contributed by atoms with E-state index < -0.39 is 0 Å². The third-order valence-corrected chi connectivity index (χ3v) is 4.99. The molecule has 2 aliphatic heterocycles. The number of fused-ring (bicyclic) bond motifs is 1. The van der Waals surface area contributed by atoms with E-state index in [1.807, 2.05) is 17.9 Å². The van der Waals surface area contributed by atoms with Crippen LogP contribution in [0.5, 0.6) is 0 Å². The highest BCUT2D eigenvalue weighted by Crippen LogP contribution is 2.33. The van der Waals surface area contributed by atoms with Crippen LogP contribution in [-0.4, -0.2) is 44.7 Å². The molecule has 0 radical (unpaired) electrons. The quantitative estimate of drug-likeness (QED) is 0.923. The molecule has 2 aliphatic rings. The SMILES string of the molecule is CCc1cc(=O)n2[nH]c([C@H]3CCCN3C(=O)[C@@H]3CCCO3)cc2n1. The van der Waals surface area contributed by atoms with Crippen molar-refractivity contribution in [1.82, 2.24) is 19.5 Å². The van der Waals surface area contributed by atoms with Crippen molar-refractivity contribution in [3.63, 3.8) is 0 Å². The zero-order valence-corrected chi connectivity index (χ0v) is 13.8. The molecule has 2 fully saturated rings. The molecule has 0 aliphatic carbocycles. The van der Waals surface area contributed by atoms with Crippen LogP contribution in [0.1, 0.15) is 50.0 Å². The van der Waals surface area contributed by atoms with Gasteiger partial charge in [-0.3, -0.25) is 14.7 Å². The van der Waals surface area contributed by atoms with Gasteiger partial charge in [-0.2, -0.15) is 0 Å². The topological polar surface area (TPSA) is 79.7 Å². The van der Waals surface area contributed by atoms with Crippen molar-refractivity contribution in [2.45, 2.75) is 51.2 Å². The molecule has 7 nitrogen and oxygen atoms in total. The molecule has 0 spiro atoms. The number of rotatable bonds is 3. The van der Waals surface area contributed by atoms with E-state index >= 15 is 0 Å². The van der Waals surface area contributed by atoms with E-state index in [2.05, 4.69) is 10.1 Å². The van der Waals surface area contributed by atoms with E-state index in [1.165, 1.54) is 4.52 Å². The molecule has 24 heavy (non-hydrogen) atoms. The zero-order chi connectivity index (χ0) is 16.7. The predicted octanol–water partition coefficient (Wildman–Crippen LogP) is 1.43. The molecule has 1 amide bonds. The van der Waals surface area contributed by atoms with Crippen molar-refractivity contribution in [2.75, 3.05) is 13.2 Å². The summed E-state index contributed by atoms with van der Waals surface area (Å²) in [5.74, 6) is 0.0724. The maximum absolute atomic E-state index is 12.7. The number of H-pyrrole nitrogens is 1. The van der Waals surface area contributed by atoms with Crippen LogP contribution in [0.2, 0.25) is 0 Å². The van der Waals surface area contributed by atoms with Gasteiger partial charge in [-0.15, -0.1) is 0 Å². The van der Waals surface area contributed by atoms with Crippen LogP contribution in [0.25, 0.3) is 5.65 Å². The van der Waals surface area contributed by atoms with Gasteiger partial charge in [0, 0.05) is 31.0 Å². The Kier molecular flexibility index (Phi) is 3.88. The van der Waals surface area contributed by atoms with Crippen LogP contribution in [0.15, 0.2) is 16.9 Å². The van der Waals surface area contributed by atoms with Crippen LogP contribution in [0, 0.1) is 0 Å². The van der Waals surface area contributed by atoms with Crippen LogP contribution < -0.4 is 5.56 Å². The van der Waals surface area contributed by atoms with Crippen LogP contribution >= 0.6 is 0 Å². The van der Waals surface area contributed by atoms with E-state index in [4.69, 9.17) is 4.74 Å². The molecule has 0 bridgehead atoms. The van der Waals surface area contributed by atoms with Crippen molar-refractivity contribution in [2.24, 2.45) is 0 Å². The van der Waals surface area contributed by atoms with Crippen molar-refractivity contribution in [1.29, 1.82) is 0 Å². The number of amides is 1. The minimum absolute atomic E-state index is 0.0344. The smallest absolute Gasteiger partial charge is 0.272 e. The van der Waals surface area contributed by atoms with E-state index in [1.54, 1.807) is 6.07 Å². The third-order valence-electron chi connectivity index (χ3n) is 4.99. The van der Waals surface area contributed by atoms with E-state index in [0.717, 1.165) is 50.0 Å². The standard InChI is InChI=1S/C17H22N4O3/c1-2-11-9-16(22)21-15(18-11)10-12(19-21)13-5-3-7-20(13)17(23)14-6-4-8-24-14/h9-10,13-14,19H,2-8H2,1H3/t13-,14+/m1/s1. The Balaban J connectivity index is 1.66. The van der Waals surface area contributed by atoms with Crippen LogP contribution in [0.3, 0.4) is 0 Å². The average molecular weight is 330 g/mol. The number of nitrogens with one attached hydrogen (secondary N) is 1. The van der Waals surface area contributed by atoms with E-state index in [-0.39, 0.29) is 23.6 Å². The number of ether oxygens (including phenoxy) is 1. The average Bonchev–Trinajstić information content (AvgIpc) is 3.31. The number of aromatic amines is 1. The number of carbonyl (C=O) groups is 1. The minimum atomic E-state index is -0.303. The number of hydrogen-bond acceptors (Lipinski definition) is 4. The van der Waals surface area contributed by atoms with Crippen molar-refractivity contribution in [3.8, 4) is 0 Å². The summed E-state index contributed by atoms with van der Waals surface area (Å²) in [4.78, 5) is 31.3. The largest absolute Gasteiger partial charge is 0.368 e. The van der Waals surface area contributed by atoms with Gasteiger partial charge in [0.25, 0.3) is 11.5 Å². The molecule has 0 saturated carbocycles. The summed E-state index contributed by atoms with van der Waals surface area (Å²) in [6.45, 7) is 3.38. The number of likely N-dealkylation sites (tertiary alicyclic amines) is 1. The highest BCUT2D eigenvalue weighted by atomic mass is 16.5. The van der Waals surface area contributed by atoms with Gasteiger partial charge < -0.3 is 9.64 Å². The van der Waals surface area contributed by atoms with Gasteiger partial charge in [-0.25, -0.2) is 9.50 Å². The molecule has 0 unspecified atom stereocenters. The fourth-order valence-corrected chi connectivity index (χ4v) is 3.72. The second-order valence-corrected chi connectivity index (χ2v) is 6.54. The zero-order valence-electron chi connectivity index (χ0n) is 13.8. The fraction of sp³-hybridized carbons (Fsp3) is 0.588. The second-order valence-electron chi connectivity index (χ2n) is 6.54. The van der Waals surface area contributed by atoms with Crippen molar-refractivity contribution >= 4 is 11.6 Å². The lowest BCUT2D eigenvalue weighted by Crippen LogP contribution is -2.38. The molecular weight excluding hydrogens is 308 g/mol. The summed E-state index contributed by atoms with van der Waals surface area (Å²) in [6.07, 6.45) is 4.01. The summed E-state index contributed by atoms with van der Waals surface area (Å²) >= 11 is 0. The summed E-state index contributed by atoms with van der Waals surface area (Å²) in [6, 6.07) is 3.41. The molecule has 2 aromatic heterocycles. The minimum Gasteiger partial charge on any atom is -0.368 e. The van der Waals surface area contributed by atoms with Crippen molar-refractivity contribution < 1.29 is 9.53 Å². The van der Waals surface area contributed by atoms with Gasteiger partial charge >= 0.3 is 0 Å². The molecule has 4 rings (SSSR count). The molecule has 0 aromatic carbocycles. The molecule has 4 heterocycles. The highest BCUT2D eigenvalue weighted by Gasteiger charge is 2.36. The molecule has 7 heteroatoms. The Morgan fingerprint density at radius 3 is 3.00 bits per heavy atom. The number of aryl methyl sites for hydroxylation is 1. The maximum Gasteiger partial charge on any atom is 0.272 e. The van der Waals surface area contributed by atoms with Crippen molar-refractivity contribution in [3.05, 3.63) is 33.9 Å². The summed E-state index contributed by atoms with van der Waals surface area (Å²) in [5.41, 5.74) is 2.16. The molecule has 2 aromatic rings. The molecule has 2 atom stereocenters. The lowest BCUT2D eigenvalue weighted by Gasteiger charge is -2.26. The highest BCUT2D eigenvalue weighted by molar-refractivity contribution is 5.82. The monoisotopic (exact) mass is 330 g/mol. The van der Waals surface area contributed by atoms with Gasteiger partial charge in [0.1, 0.15) is 6.10 Å². The Bertz CT molecular complexity index is 819. The first-order valence-corrected chi connectivity index (χ1v) is 8.71. The fourth-order valence-electron chi connectivity index (χ4n) is 3.72. The van der Waals surface area contributed by atoms with E-state index in [9.17, 15) is 9.59 Å². The summed E-state index contributed by atoms with van der Waals surface area (Å²) in [7, 11) is 0. The first-order valence-electron chi connectivity index (χ1n) is 8.71. The van der Waals surface area contributed by atoms with Gasteiger partial charge in [0.05, 0.1) is 11.7 Å². The number of carbonyl (C=O) groups excluding carboxylic acids is 1. The lowest BCUT2D eigenvalue weighted by molar-refractivity contribution is -0.142. The normalized spacial score (nSPS) is 24.1. The Morgan fingerprint density at radius 1 is 1.38 bits per heavy atom. The summed E-state index contributed by atoms with van der Waals surface area (Å²) < 4.78 is 7.01. The Hall–Kier alpha value is -2.15. The number of nitrogens with zero attached hydrogens (tertiary/aromatic N) is 3. The van der Waals surface area contributed by atoms with Crippen LogP contribution in [-0.2, 0) is 16.0 Å². The predicted molar refractivity (Wildman–Crippen MR) is 87.9 cm³/mol. The summed E-state index contributed by atoms with van der Waals surface area (Å²) in [5, 5.41) is 3.14. The second kappa shape index (κ2) is 6.05. The number of hydrogen-bond donors (Lipinski definition) is 1. The molecule has 1 N–H and O–H groups in total. The lowest BCUT2D eigenvalue weighted by atomic mass is 10.1. The first kappa shape index (κ1) is 15.4. The molecular formula is C17H22N4O3. The Labute approximate surface area is 139 Å². The first-order chi connectivity index (χ1) is 11.7. The van der Waals surface area contributed by atoms with Crippen LogP contribution in [0.4, 0.5) is 0 Å². The van der Waals surface area contributed by atoms with Gasteiger partial charge in [0.15, 0.2) is 5.65 Å². The Morgan fingerprint density at radius 2 is 2.25 bits per heavy atom. The van der Waals surface area contributed by atoms with Gasteiger partial charge in [-0.05, 0) is 32.1 Å². The number of aromatic nitrogens is 3. The molecule has 2 saturated heterocycles. The molecule has 128 valence electrons. The maximum atomic E-state index is 12.7. The van der Waals surface area contributed by atoms with Gasteiger partial charge in [0.2, 0.25) is 0 Å². The van der Waals surface area contributed by atoms with E-state index in [0.29, 0.717) is 12.3 Å². The third kappa shape index (κ3) is 2.53.